The minimum Gasteiger partial charge on any atom is -0.315 e. The maximum absolute atomic E-state index is 13.8. The lowest BCUT2D eigenvalue weighted by Crippen LogP contribution is -2.36. The van der Waals surface area contributed by atoms with Crippen LogP contribution < -0.4 is 5.32 Å². The molecular formula is C14H21FN2. The molecule has 1 aromatic rings. The first-order valence-electron chi connectivity index (χ1n) is 6.41. The van der Waals surface area contributed by atoms with Gasteiger partial charge in [0, 0.05) is 24.2 Å². The molecule has 1 aliphatic rings. The molecular weight excluding hydrogens is 215 g/mol. The van der Waals surface area contributed by atoms with Gasteiger partial charge in [-0.15, -0.1) is 0 Å². The second-order valence-corrected chi connectivity index (χ2v) is 4.76. The molecule has 0 amide bonds. The molecule has 3 heteroatoms. The Kier molecular flexibility index (Phi) is 4.13. The Morgan fingerprint density at radius 3 is 2.82 bits per heavy atom. The van der Waals surface area contributed by atoms with Crippen LogP contribution in [-0.4, -0.2) is 31.1 Å². The first-order chi connectivity index (χ1) is 8.24. The minimum absolute atomic E-state index is 0.0860. The van der Waals surface area contributed by atoms with E-state index in [1.807, 2.05) is 12.1 Å². The van der Waals surface area contributed by atoms with Gasteiger partial charge in [0.05, 0.1) is 0 Å². The fourth-order valence-electron chi connectivity index (χ4n) is 2.71. The van der Waals surface area contributed by atoms with E-state index in [9.17, 15) is 4.39 Å². The first kappa shape index (κ1) is 12.5. The van der Waals surface area contributed by atoms with Crippen LogP contribution in [0.5, 0.6) is 0 Å². The number of nitrogens with zero attached hydrogens (tertiary/aromatic N) is 1. The smallest absolute Gasteiger partial charge is 0.127 e. The molecule has 17 heavy (non-hydrogen) atoms. The molecule has 1 aromatic carbocycles. The number of likely N-dealkylation sites (N-methyl/N-ethyl adjacent to an activating group) is 1. The highest BCUT2D eigenvalue weighted by molar-refractivity contribution is 5.21. The van der Waals surface area contributed by atoms with Crippen LogP contribution in [0.25, 0.3) is 0 Å². The zero-order chi connectivity index (χ0) is 12.3. The van der Waals surface area contributed by atoms with Crippen molar-refractivity contribution in [2.45, 2.75) is 31.8 Å². The van der Waals surface area contributed by atoms with Crippen LogP contribution in [0.1, 0.15) is 31.4 Å². The monoisotopic (exact) mass is 236 g/mol. The third-order valence-corrected chi connectivity index (χ3v) is 3.75. The maximum Gasteiger partial charge on any atom is 0.127 e. The second-order valence-electron chi connectivity index (χ2n) is 4.76. The normalized spacial score (nSPS) is 22.0. The van der Waals surface area contributed by atoms with Crippen LogP contribution in [0, 0.1) is 5.82 Å². The molecule has 94 valence electrons. The fourth-order valence-corrected chi connectivity index (χ4v) is 2.71. The van der Waals surface area contributed by atoms with Crippen LogP contribution in [0.2, 0.25) is 0 Å². The van der Waals surface area contributed by atoms with Gasteiger partial charge in [-0.2, -0.15) is 0 Å². The van der Waals surface area contributed by atoms with Gasteiger partial charge in [0.15, 0.2) is 0 Å². The van der Waals surface area contributed by atoms with Gasteiger partial charge in [0.1, 0.15) is 5.82 Å². The third kappa shape index (κ3) is 2.67. The minimum atomic E-state index is -0.0860. The zero-order valence-corrected chi connectivity index (χ0v) is 10.6. The van der Waals surface area contributed by atoms with E-state index in [2.05, 4.69) is 24.2 Å². The summed E-state index contributed by atoms with van der Waals surface area (Å²) in [5.74, 6) is -0.0860. The molecule has 1 N–H and O–H groups in total. The molecule has 2 rings (SSSR count). The molecule has 0 saturated carbocycles. The largest absolute Gasteiger partial charge is 0.315 e. The van der Waals surface area contributed by atoms with Crippen LogP contribution in [0.15, 0.2) is 24.3 Å². The highest BCUT2D eigenvalue weighted by Gasteiger charge is 2.26. The van der Waals surface area contributed by atoms with Crippen molar-refractivity contribution in [3.63, 3.8) is 0 Å². The third-order valence-electron chi connectivity index (χ3n) is 3.75. The number of halogens is 1. The van der Waals surface area contributed by atoms with Gasteiger partial charge in [-0.1, -0.05) is 25.1 Å². The lowest BCUT2D eigenvalue weighted by atomic mass is 10.0. The highest BCUT2D eigenvalue weighted by Crippen LogP contribution is 2.28. The van der Waals surface area contributed by atoms with Crippen molar-refractivity contribution in [1.29, 1.82) is 0 Å². The zero-order valence-electron chi connectivity index (χ0n) is 10.6. The molecule has 1 saturated heterocycles. The lowest BCUT2D eigenvalue weighted by molar-refractivity contribution is 0.176. The molecule has 2 nitrogen and oxygen atoms in total. The summed E-state index contributed by atoms with van der Waals surface area (Å²) in [6, 6.07) is 7.84. The van der Waals surface area contributed by atoms with Crippen LogP contribution in [0.4, 0.5) is 4.39 Å². The Labute approximate surface area is 103 Å². The van der Waals surface area contributed by atoms with Crippen molar-refractivity contribution in [2.24, 2.45) is 0 Å². The van der Waals surface area contributed by atoms with Crippen LogP contribution in [0.3, 0.4) is 0 Å². The predicted octanol–water partition coefficient (Wildman–Crippen LogP) is 2.57. The van der Waals surface area contributed by atoms with E-state index in [0.29, 0.717) is 6.04 Å². The Morgan fingerprint density at radius 2 is 2.24 bits per heavy atom. The molecule has 1 heterocycles. The van der Waals surface area contributed by atoms with Crippen molar-refractivity contribution >= 4 is 0 Å². The Bertz CT molecular complexity index is 361. The summed E-state index contributed by atoms with van der Waals surface area (Å²) >= 11 is 0. The predicted molar refractivity (Wildman–Crippen MR) is 68.5 cm³/mol. The molecule has 0 aromatic heterocycles. The van der Waals surface area contributed by atoms with Gasteiger partial charge in [-0.25, -0.2) is 4.39 Å². The maximum atomic E-state index is 13.8. The Balaban J connectivity index is 2.18. The van der Waals surface area contributed by atoms with E-state index in [4.69, 9.17) is 0 Å². The molecule has 0 radical (unpaired) electrons. The van der Waals surface area contributed by atoms with Gasteiger partial charge < -0.3 is 5.32 Å². The number of benzene rings is 1. The number of hydrogen-bond donors (Lipinski definition) is 1. The SMILES string of the molecule is CCC(c1ccccc1F)N(C)C1CCNC1. The molecule has 0 spiro atoms. The van der Waals surface area contributed by atoms with E-state index in [1.165, 1.54) is 0 Å². The molecule has 0 bridgehead atoms. The van der Waals surface area contributed by atoms with E-state index >= 15 is 0 Å². The summed E-state index contributed by atoms with van der Waals surface area (Å²) in [5, 5.41) is 3.36. The van der Waals surface area contributed by atoms with Gasteiger partial charge in [-0.3, -0.25) is 4.90 Å². The molecule has 0 aliphatic carbocycles. The Morgan fingerprint density at radius 1 is 1.47 bits per heavy atom. The molecule has 2 atom stereocenters. The summed E-state index contributed by atoms with van der Waals surface area (Å²) in [7, 11) is 2.11. The summed E-state index contributed by atoms with van der Waals surface area (Å²) in [4.78, 5) is 2.32. The van der Waals surface area contributed by atoms with Crippen molar-refractivity contribution in [3.8, 4) is 0 Å². The van der Waals surface area contributed by atoms with Crippen molar-refractivity contribution < 1.29 is 4.39 Å². The summed E-state index contributed by atoms with van der Waals surface area (Å²) < 4.78 is 13.8. The van der Waals surface area contributed by atoms with E-state index in [0.717, 1.165) is 31.5 Å². The van der Waals surface area contributed by atoms with Crippen LogP contribution >= 0.6 is 0 Å². The Hall–Kier alpha value is -0.930. The number of nitrogens with one attached hydrogen (secondary N) is 1. The van der Waals surface area contributed by atoms with Crippen molar-refractivity contribution in [2.75, 3.05) is 20.1 Å². The summed E-state index contributed by atoms with van der Waals surface area (Å²) in [6.45, 7) is 4.21. The summed E-state index contributed by atoms with van der Waals surface area (Å²) in [5.41, 5.74) is 0.824. The van der Waals surface area contributed by atoms with Gasteiger partial charge in [0.25, 0.3) is 0 Å². The molecule has 1 aliphatic heterocycles. The molecule has 1 fully saturated rings. The quantitative estimate of drug-likeness (QED) is 0.864. The lowest BCUT2D eigenvalue weighted by Gasteiger charge is -2.32. The standard InChI is InChI=1S/C14H21FN2/c1-3-14(12-6-4-5-7-13(12)15)17(2)11-8-9-16-10-11/h4-7,11,14,16H,3,8-10H2,1-2H3. The summed E-state index contributed by atoms with van der Waals surface area (Å²) in [6.07, 6.45) is 2.09. The molecule has 2 unspecified atom stereocenters. The first-order valence-corrected chi connectivity index (χ1v) is 6.41. The average molecular weight is 236 g/mol. The second kappa shape index (κ2) is 5.61. The van der Waals surface area contributed by atoms with Crippen LogP contribution in [-0.2, 0) is 0 Å². The number of hydrogen-bond acceptors (Lipinski definition) is 2. The number of rotatable bonds is 4. The van der Waals surface area contributed by atoms with Crippen molar-refractivity contribution in [1.82, 2.24) is 10.2 Å². The van der Waals surface area contributed by atoms with Gasteiger partial charge in [0.2, 0.25) is 0 Å². The van der Waals surface area contributed by atoms with Crippen molar-refractivity contribution in [3.05, 3.63) is 35.6 Å². The average Bonchev–Trinajstić information content (AvgIpc) is 2.86. The van der Waals surface area contributed by atoms with E-state index in [-0.39, 0.29) is 11.9 Å². The fraction of sp³-hybridized carbons (Fsp3) is 0.571. The van der Waals surface area contributed by atoms with Gasteiger partial charge >= 0.3 is 0 Å². The van der Waals surface area contributed by atoms with E-state index in [1.54, 1.807) is 12.1 Å². The topological polar surface area (TPSA) is 15.3 Å². The van der Waals surface area contributed by atoms with Gasteiger partial charge in [-0.05, 0) is 32.5 Å². The highest BCUT2D eigenvalue weighted by atomic mass is 19.1. The van der Waals surface area contributed by atoms with E-state index < -0.39 is 0 Å².